The SMILES string of the molecule is CC(C)(C)OC(=O)N1CC(CNC(=O)C(F)(F)F)(CC(=O)O)C1. The standard InChI is InChI=1S/C13H19F3N2O5/c1-11(2,3)23-10(22)18-6-12(7-18,4-8(19)20)5-17-9(21)13(14,15)16/h4-7H2,1-3H3,(H,17,21)(H,19,20). The molecule has 0 aromatic heterocycles. The van der Waals surface area contributed by atoms with Crippen LogP contribution < -0.4 is 5.32 Å². The molecule has 0 atom stereocenters. The van der Waals surface area contributed by atoms with Crippen molar-refractivity contribution >= 4 is 18.0 Å². The average molecular weight is 340 g/mol. The van der Waals surface area contributed by atoms with Gasteiger partial charge in [-0.05, 0) is 20.8 Å². The fourth-order valence-electron chi connectivity index (χ4n) is 2.19. The number of ether oxygens (including phenoxy) is 1. The lowest BCUT2D eigenvalue weighted by atomic mass is 9.77. The van der Waals surface area contributed by atoms with Gasteiger partial charge in [0.1, 0.15) is 5.60 Å². The first-order valence-electron chi connectivity index (χ1n) is 6.79. The number of hydrogen-bond donors (Lipinski definition) is 2. The molecule has 1 saturated heterocycles. The smallest absolute Gasteiger partial charge is 0.471 e. The van der Waals surface area contributed by atoms with Gasteiger partial charge < -0.3 is 20.1 Å². The van der Waals surface area contributed by atoms with E-state index in [-0.39, 0.29) is 13.1 Å². The zero-order valence-electron chi connectivity index (χ0n) is 13.0. The minimum absolute atomic E-state index is 0.105. The van der Waals surface area contributed by atoms with E-state index in [4.69, 9.17) is 9.84 Å². The van der Waals surface area contributed by atoms with E-state index in [0.717, 1.165) is 0 Å². The van der Waals surface area contributed by atoms with Crippen molar-refractivity contribution in [2.45, 2.75) is 39.0 Å². The van der Waals surface area contributed by atoms with Gasteiger partial charge in [-0.2, -0.15) is 13.2 Å². The highest BCUT2D eigenvalue weighted by Gasteiger charge is 2.49. The molecule has 10 heteroatoms. The van der Waals surface area contributed by atoms with E-state index < -0.39 is 48.1 Å². The number of carboxylic acid groups (broad SMARTS) is 1. The van der Waals surface area contributed by atoms with Gasteiger partial charge in [-0.25, -0.2) is 4.79 Å². The predicted molar refractivity (Wildman–Crippen MR) is 71.6 cm³/mol. The number of aliphatic carboxylic acids is 1. The van der Waals surface area contributed by atoms with Crippen LogP contribution in [-0.2, 0) is 14.3 Å². The lowest BCUT2D eigenvalue weighted by Gasteiger charge is -2.49. The van der Waals surface area contributed by atoms with E-state index >= 15 is 0 Å². The predicted octanol–water partition coefficient (Wildman–Crippen LogP) is 1.38. The molecule has 0 aliphatic carbocycles. The van der Waals surface area contributed by atoms with Gasteiger partial charge in [0.15, 0.2) is 0 Å². The minimum atomic E-state index is -5.04. The quantitative estimate of drug-likeness (QED) is 0.806. The summed E-state index contributed by atoms with van der Waals surface area (Å²) in [5.41, 5.74) is -1.88. The number of nitrogens with one attached hydrogen (secondary N) is 1. The van der Waals surface area contributed by atoms with Crippen LogP contribution in [0.15, 0.2) is 0 Å². The van der Waals surface area contributed by atoms with E-state index in [9.17, 15) is 27.6 Å². The summed E-state index contributed by atoms with van der Waals surface area (Å²) in [7, 11) is 0. The Labute approximate surface area is 130 Å². The number of amides is 2. The average Bonchev–Trinajstić information content (AvgIpc) is 2.26. The lowest BCUT2D eigenvalue weighted by molar-refractivity contribution is -0.175. The fourth-order valence-corrected chi connectivity index (χ4v) is 2.19. The largest absolute Gasteiger partial charge is 0.481 e. The molecule has 0 aromatic rings. The summed E-state index contributed by atoms with van der Waals surface area (Å²) in [4.78, 5) is 34.7. The molecule has 0 saturated carbocycles. The summed E-state index contributed by atoms with van der Waals surface area (Å²) >= 11 is 0. The fraction of sp³-hybridized carbons (Fsp3) is 0.769. The highest BCUT2D eigenvalue weighted by atomic mass is 19.4. The second kappa shape index (κ2) is 6.25. The number of likely N-dealkylation sites (tertiary alicyclic amines) is 1. The molecular weight excluding hydrogens is 321 g/mol. The monoisotopic (exact) mass is 340 g/mol. The Kier molecular flexibility index (Phi) is 5.17. The maximum absolute atomic E-state index is 12.2. The highest BCUT2D eigenvalue weighted by Crippen LogP contribution is 2.35. The molecule has 2 N–H and O–H groups in total. The van der Waals surface area contributed by atoms with Crippen molar-refractivity contribution in [3.05, 3.63) is 0 Å². The Balaban J connectivity index is 2.65. The molecule has 7 nitrogen and oxygen atoms in total. The Morgan fingerprint density at radius 2 is 1.74 bits per heavy atom. The maximum atomic E-state index is 12.2. The van der Waals surface area contributed by atoms with Crippen LogP contribution in [0.4, 0.5) is 18.0 Å². The third kappa shape index (κ3) is 5.61. The first kappa shape index (κ1) is 19.0. The van der Waals surface area contributed by atoms with E-state index in [0.29, 0.717) is 0 Å². The molecule has 1 aliphatic heterocycles. The van der Waals surface area contributed by atoms with Gasteiger partial charge in [0, 0.05) is 25.0 Å². The molecule has 23 heavy (non-hydrogen) atoms. The number of carbonyl (C=O) groups excluding carboxylic acids is 2. The molecular formula is C13H19F3N2O5. The number of alkyl halides is 3. The highest BCUT2D eigenvalue weighted by molar-refractivity contribution is 5.82. The van der Waals surface area contributed by atoms with Gasteiger partial charge >= 0.3 is 24.1 Å². The Morgan fingerprint density at radius 1 is 1.22 bits per heavy atom. The van der Waals surface area contributed by atoms with Gasteiger partial charge in [-0.3, -0.25) is 9.59 Å². The van der Waals surface area contributed by atoms with Crippen LogP contribution in [0.3, 0.4) is 0 Å². The maximum Gasteiger partial charge on any atom is 0.471 e. The molecule has 0 bridgehead atoms. The number of halogens is 3. The Bertz CT molecular complexity index is 493. The van der Waals surface area contributed by atoms with Gasteiger partial charge in [-0.1, -0.05) is 0 Å². The van der Waals surface area contributed by atoms with Crippen LogP contribution >= 0.6 is 0 Å². The molecule has 132 valence electrons. The van der Waals surface area contributed by atoms with Crippen LogP contribution in [0.25, 0.3) is 0 Å². The Morgan fingerprint density at radius 3 is 2.13 bits per heavy atom. The van der Waals surface area contributed by atoms with Crippen LogP contribution in [0.1, 0.15) is 27.2 Å². The molecule has 0 spiro atoms. The third-order valence-corrected chi connectivity index (χ3v) is 3.11. The topological polar surface area (TPSA) is 95.9 Å². The zero-order valence-corrected chi connectivity index (χ0v) is 13.0. The second-order valence-electron chi connectivity index (χ2n) is 6.59. The van der Waals surface area contributed by atoms with Crippen molar-refractivity contribution in [3.8, 4) is 0 Å². The molecule has 1 rings (SSSR count). The van der Waals surface area contributed by atoms with Crippen molar-refractivity contribution in [1.29, 1.82) is 0 Å². The van der Waals surface area contributed by atoms with E-state index in [1.165, 1.54) is 4.90 Å². The summed E-state index contributed by atoms with van der Waals surface area (Å²) in [6.07, 6.45) is -6.19. The van der Waals surface area contributed by atoms with E-state index in [2.05, 4.69) is 0 Å². The summed E-state index contributed by atoms with van der Waals surface area (Å²) in [5, 5.41) is 10.6. The summed E-state index contributed by atoms with van der Waals surface area (Å²) < 4.78 is 41.7. The molecule has 1 aliphatic rings. The first-order valence-corrected chi connectivity index (χ1v) is 6.79. The van der Waals surface area contributed by atoms with E-state index in [1.807, 2.05) is 0 Å². The van der Waals surface area contributed by atoms with Crippen LogP contribution in [0.2, 0.25) is 0 Å². The molecule has 0 radical (unpaired) electrons. The minimum Gasteiger partial charge on any atom is -0.481 e. The number of carbonyl (C=O) groups is 3. The number of rotatable bonds is 4. The first-order chi connectivity index (χ1) is 10.2. The lowest BCUT2D eigenvalue weighted by Crippen LogP contribution is -2.64. The van der Waals surface area contributed by atoms with Crippen molar-refractivity contribution in [2.24, 2.45) is 5.41 Å². The molecule has 1 heterocycles. The van der Waals surface area contributed by atoms with Crippen molar-refractivity contribution in [1.82, 2.24) is 10.2 Å². The normalized spacial score (nSPS) is 17.2. The number of hydrogen-bond acceptors (Lipinski definition) is 4. The summed E-state index contributed by atoms with van der Waals surface area (Å²) in [6, 6.07) is 0. The Hall–Kier alpha value is -2.00. The van der Waals surface area contributed by atoms with E-state index in [1.54, 1.807) is 26.1 Å². The van der Waals surface area contributed by atoms with Gasteiger partial charge in [-0.15, -0.1) is 0 Å². The van der Waals surface area contributed by atoms with Crippen LogP contribution in [0.5, 0.6) is 0 Å². The number of carboxylic acids is 1. The third-order valence-electron chi connectivity index (χ3n) is 3.11. The molecule has 1 fully saturated rings. The van der Waals surface area contributed by atoms with Crippen molar-refractivity contribution < 1.29 is 37.4 Å². The molecule has 0 aromatic carbocycles. The molecule has 2 amide bonds. The van der Waals surface area contributed by atoms with Gasteiger partial charge in [0.05, 0.1) is 6.42 Å². The van der Waals surface area contributed by atoms with Crippen molar-refractivity contribution in [2.75, 3.05) is 19.6 Å². The summed E-state index contributed by atoms with van der Waals surface area (Å²) in [5.74, 6) is -3.37. The zero-order chi connectivity index (χ0) is 18.1. The van der Waals surface area contributed by atoms with Crippen LogP contribution in [-0.4, -0.2) is 59.4 Å². The van der Waals surface area contributed by atoms with Gasteiger partial charge in [0.2, 0.25) is 0 Å². The summed E-state index contributed by atoms with van der Waals surface area (Å²) in [6.45, 7) is 4.26. The second-order valence-corrected chi connectivity index (χ2v) is 6.59. The number of nitrogens with zero attached hydrogens (tertiary/aromatic N) is 1. The van der Waals surface area contributed by atoms with Gasteiger partial charge in [0.25, 0.3) is 0 Å². The molecule has 0 unspecified atom stereocenters. The van der Waals surface area contributed by atoms with Crippen molar-refractivity contribution in [3.63, 3.8) is 0 Å². The van der Waals surface area contributed by atoms with Crippen LogP contribution in [0, 0.1) is 5.41 Å².